The van der Waals surface area contributed by atoms with Crippen LogP contribution in [0.25, 0.3) is 0 Å². The van der Waals surface area contributed by atoms with Gasteiger partial charge in [0, 0.05) is 11.1 Å². The Hall–Kier alpha value is -0.320. The first-order valence-electron chi connectivity index (χ1n) is 4.09. The van der Waals surface area contributed by atoms with Crippen molar-refractivity contribution in [1.82, 2.24) is 9.55 Å². The van der Waals surface area contributed by atoms with Crippen molar-refractivity contribution >= 4 is 38.9 Å². The van der Waals surface area contributed by atoms with Gasteiger partial charge in [0.15, 0.2) is 0 Å². The van der Waals surface area contributed by atoms with Gasteiger partial charge in [0.25, 0.3) is 0 Å². The molecule has 2 heterocycles. The molecule has 0 atom stereocenters. The lowest BCUT2D eigenvalue weighted by molar-refractivity contribution is 0.776. The van der Waals surface area contributed by atoms with E-state index in [0.717, 1.165) is 16.0 Å². The molecule has 0 radical (unpaired) electrons. The van der Waals surface area contributed by atoms with Crippen molar-refractivity contribution in [3.05, 3.63) is 39.0 Å². The van der Waals surface area contributed by atoms with Crippen LogP contribution in [0.15, 0.2) is 28.4 Å². The molecule has 0 aromatic carbocycles. The summed E-state index contributed by atoms with van der Waals surface area (Å²) in [6.45, 7) is 0.846. The van der Waals surface area contributed by atoms with Crippen molar-refractivity contribution < 1.29 is 0 Å². The van der Waals surface area contributed by atoms with Crippen LogP contribution in [0.1, 0.15) is 10.6 Å². The van der Waals surface area contributed by atoms with Crippen LogP contribution >= 0.6 is 38.9 Å². The van der Waals surface area contributed by atoms with Crippen LogP contribution in [-0.2, 0) is 12.4 Å². The van der Waals surface area contributed by atoms with E-state index in [1.54, 1.807) is 17.5 Å². The molecule has 2 nitrogen and oxygen atoms in total. The van der Waals surface area contributed by atoms with Crippen LogP contribution in [0, 0.1) is 0 Å². The van der Waals surface area contributed by atoms with E-state index in [0.29, 0.717) is 5.88 Å². The van der Waals surface area contributed by atoms with Crippen LogP contribution in [0.3, 0.4) is 0 Å². The molecule has 0 fully saturated rings. The highest BCUT2D eigenvalue weighted by Crippen LogP contribution is 2.23. The summed E-state index contributed by atoms with van der Waals surface area (Å²) in [6.07, 6.45) is 3.61. The molecular weight excluding hydrogens is 284 g/mol. The fraction of sp³-hybridized carbons (Fsp3) is 0.222. The first kappa shape index (κ1) is 10.2. The smallest absolute Gasteiger partial charge is 0.0951 e. The summed E-state index contributed by atoms with van der Waals surface area (Å²) in [6, 6.07) is 4.16. The molecule has 0 saturated heterocycles. The molecular formula is C9H8BrClN2S. The summed E-state index contributed by atoms with van der Waals surface area (Å²) in [5, 5.41) is 0. The van der Waals surface area contributed by atoms with Crippen molar-refractivity contribution in [2.45, 2.75) is 12.4 Å². The van der Waals surface area contributed by atoms with Crippen molar-refractivity contribution in [3.8, 4) is 0 Å². The summed E-state index contributed by atoms with van der Waals surface area (Å²) >= 11 is 10.9. The molecule has 74 valence electrons. The van der Waals surface area contributed by atoms with Crippen LogP contribution < -0.4 is 0 Å². The van der Waals surface area contributed by atoms with Crippen LogP contribution in [0.2, 0.25) is 0 Å². The van der Waals surface area contributed by atoms with Gasteiger partial charge < -0.3 is 4.57 Å². The maximum Gasteiger partial charge on any atom is 0.0951 e. The Labute approximate surface area is 99.7 Å². The summed E-state index contributed by atoms with van der Waals surface area (Å²) in [5.41, 5.74) is 1.05. The zero-order chi connectivity index (χ0) is 9.97. The highest BCUT2D eigenvalue weighted by molar-refractivity contribution is 9.11. The molecule has 14 heavy (non-hydrogen) atoms. The fourth-order valence-electron chi connectivity index (χ4n) is 1.21. The monoisotopic (exact) mass is 290 g/mol. The molecule has 0 bridgehead atoms. The Kier molecular flexibility index (Phi) is 3.26. The molecule has 0 aliphatic rings. The maximum atomic E-state index is 5.78. The Morgan fingerprint density at radius 1 is 1.50 bits per heavy atom. The van der Waals surface area contributed by atoms with Gasteiger partial charge in [-0.15, -0.1) is 22.9 Å². The van der Waals surface area contributed by atoms with Crippen molar-refractivity contribution in [1.29, 1.82) is 0 Å². The number of hydrogen-bond acceptors (Lipinski definition) is 2. The second kappa shape index (κ2) is 4.47. The van der Waals surface area contributed by atoms with Gasteiger partial charge in [-0.3, -0.25) is 0 Å². The number of halogens is 2. The van der Waals surface area contributed by atoms with E-state index in [2.05, 4.69) is 37.6 Å². The quantitative estimate of drug-likeness (QED) is 0.792. The average molecular weight is 292 g/mol. The molecule has 0 aliphatic carbocycles. The lowest BCUT2D eigenvalue weighted by Gasteiger charge is -2.02. The molecule has 0 amide bonds. The van der Waals surface area contributed by atoms with E-state index < -0.39 is 0 Å². The molecule has 0 unspecified atom stereocenters. The fourth-order valence-corrected chi connectivity index (χ4v) is 2.91. The molecule has 5 heteroatoms. The number of imidazole rings is 1. The van der Waals surface area contributed by atoms with Crippen LogP contribution in [0.4, 0.5) is 0 Å². The number of rotatable bonds is 3. The topological polar surface area (TPSA) is 17.8 Å². The number of aromatic nitrogens is 2. The second-order valence-electron chi connectivity index (χ2n) is 2.85. The van der Waals surface area contributed by atoms with E-state index in [9.17, 15) is 0 Å². The Morgan fingerprint density at radius 3 is 3.00 bits per heavy atom. The highest BCUT2D eigenvalue weighted by atomic mass is 79.9. The van der Waals surface area contributed by atoms with E-state index >= 15 is 0 Å². The zero-order valence-corrected chi connectivity index (χ0v) is 10.4. The first-order chi connectivity index (χ1) is 6.79. The predicted molar refractivity (Wildman–Crippen MR) is 62.9 cm³/mol. The molecule has 2 rings (SSSR count). The third-order valence-corrected chi connectivity index (χ3v) is 3.77. The maximum absolute atomic E-state index is 5.78. The lowest BCUT2D eigenvalue weighted by Crippen LogP contribution is -1.99. The minimum Gasteiger partial charge on any atom is -0.328 e. The summed E-state index contributed by atoms with van der Waals surface area (Å²) < 4.78 is 3.21. The predicted octanol–water partition coefficient (Wildman–Crippen LogP) is 3.49. The number of alkyl halides is 1. The van der Waals surface area contributed by atoms with Gasteiger partial charge in [-0.05, 0) is 28.1 Å². The third-order valence-electron chi connectivity index (χ3n) is 1.89. The van der Waals surface area contributed by atoms with E-state index in [1.807, 2.05) is 6.33 Å². The van der Waals surface area contributed by atoms with Gasteiger partial charge in [0.2, 0.25) is 0 Å². The minimum atomic E-state index is 0.506. The van der Waals surface area contributed by atoms with Crippen LogP contribution in [-0.4, -0.2) is 9.55 Å². The Balaban J connectivity index is 2.18. The SMILES string of the molecule is ClCc1cncn1Cc1ccc(Br)s1. The molecule has 0 saturated carbocycles. The Morgan fingerprint density at radius 2 is 2.36 bits per heavy atom. The standard InChI is InChI=1S/C9H8BrClN2S/c10-9-2-1-8(14-9)5-13-6-12-4-7(13)3-11/h1-2,4,6H,3,5H2. The molecule has 2 aromatic rings. The minimum absolute atomic E-state index is 0.506. The molecule has 0 spiro atoms. The lowest BCUT2D eigenvalue weighted by atomic mass is 10.4. The second-order valence-corrected chi connectivity index (χ2v) is 5.67. The van der Waals surface area contributed by atoms with E-state index in [-0.39, 0.29) is 0 Å². The highest BCUT2D eigenvalue weighted by Gasteiger charge is 2.03. The average Bonchev–Trinajstić information content (AvgIpc) is 2.76. The number of nitrogens with zero attached hydrogens (tertiary/aromatic N) is 2. The summed E-state index contributed by atoms with van der Waals surface area (Å²) in [5.74, 6) is 0.506. The third kappa shape index (κ3) is 2.19. The van der Waals surface area contributed by atoms with Crippen LogP contribution in [0.5, 0.6) is 0 Å². The number of hydrogen-bond donors (Lipinski definition) is 0. The largest absolute Gasteiger partial charge is 0.328 e. The van der Waals surface area contributed by atoms with E-state index in [1.165, 1.54) is 4.88 Å². The van der Waals surface area contributed by atoms with Gasteiger partial charge in [-0.2, -0.15) is 0 Å². The van der Waals surface area contributed by atoms with Gasteiger partial charge in [-0.1, -0.05) is 0 Å². The van der Waals surface area contributed by atoms with Crippen molar-refractivity contribution in [2.24, 2.45) is 0 Å². The van der Waals surface area contributed by atoms with Gasteiger partial charge in [-0.25, -0.2) is 4.98 Å². The summed E-state index contributed by atoms with van der Waals surface area (Å²) in [7, 11) is 0. The van der Waals surface area contributed by atoms with Gasteiger partial charge in [0.05, 0.1) is 28.2 Å². The van der Waals surface area contributed by atoms with Gasteiger partial charge >= 0.3 is 0 Å². The molecule has 0 aliphatic heterocycles. The molecule has 2 aromatic heterocycles. The molecule has 0 N–H and O–H groups in total. The number of thiophene rings is 1. The zero-order valence-electron chi connectivity index (χ0n) is 7.28. The Bertz CT molecular complexity index is 424. The first-order valence-corrected chi connectivity index (χ1v) is 6.23. The van der Waals surface area contributed by atoms with E-state index in [4.69, 9.17) is 11.6 Å². The normalized spacial score (nSPS) is 10.7. The van der Waals surface area contributed by atoms with Gasteiger partial charge in [0.1, 0.15) is 0 Å². The van der Waals surface area contributed by atoms with Crippen molar-refractivity contribution in [3.63, 3.8) is 0 Å². The van der Waals surface area contributed by atoms with Crippen molar-refractivity contribution in [2.75, 3.05) is 0 Å². The summed E-state index contributed by atoms with van der Waals surface area (Å²) in [4.78, 5) is 5.36.